The van der Waals surface area contributed by atoms with Crippen LogP contribution >= 0.6 is 12.4 Å². The number of ether oxygens (including phenoxy) is 1. The van der Waals surface area contributed by atoms with Crippen molar-refractivity contribution in [3.8, 4) is 0 Å². The summed E-state index contributed by atoms with van der Waals surface area (Å²) < 4.78 is 5.45. The molecule has 0 amide bonds. The highest BCUT2D eigenvalue weighted by Gasteiger charge is 2.34. The molecule has 0 saturated carbocycles. The lowest BCUT2D eigenvalue weighted by atomic mass is 10.2. The van der Waals surface area contributed by atoms with Gasteiger partial charge in [0.15, 0.2) is 0 Å². The van der Waals surface area contributed by atoms with E-state index in [1.165, 1.54) is 0 Å². The number of hydrogen-bond acceptors (Lipinski definition) is 3. The van der Waals surface area contributed by atoms with Crippen molar-refractivity contribution in [2.24, 2.45) is 0 Å². The molecule has 0 spiro atoms. The molecule has 3 atom stereocenters. The Morgan fingerprint density at radius 2 is 2.36 bits per heavy atom. The highest BCUT2D eigenvalue weighted by Crippen LogP contribution is 2.22. The first-order valence-electron chi connectivity index (χ1n) is 3.86. The van der Waals surface area contributed by atoms with E-state index in [2.05, 4.69) is 4.90 Å². The molecule has 11 heavy (non-hydrogen) atoms. The summed E-state index contributed by atoms with van der Waals surface area (Å²) in [7, 11) is 0. The average molecular weight is 180 g/mol. The molecule has 2 saturated heterocycles. The number of aliphatic hydroxyl groups excluding tert-OH is 1. The maximum Gasteiger partial charge on any atom is 0.0718 e. The largest absolute Gasteiger partial charge is 0.395 e. The second-order valence-corrected chi connectivity index (χ2v) is 3.06. The zero-order chi connectivity index (χ0) is 6.97. The zero-order valence-electron chi connectivity index (χ0n) is 6.40. The van der Waals surface area contributed by atoms with Gasteiger partial charge < -0.3 is 9.84 Å². The third kappa shape index (κ3) is 1.67. The molecular formula is C7H14ClNO2. The van der Waals surface area contributed by atoms with Gasteiger partial charge in [0.25, 0.3) is 0 Å². The Labute approximate surface area is 72.7 Å². The summed E-state index contributed by atoms with van der Waals surface area (Å²) >= 11 is 0. The molecule has 2 heterocycles. The fourth-order valence-corrected chi connectivity index (χ4v) is 1.86. The number of rotatable bonds is 1. The van der Waals surface area contributed by atoms with Crippen LogP contribution < -0.4 is 0 Å². The molecule has 0 aromatic rings. The number of nitrogens with zero attached hydrogens (tertiary/aromatic N) is 1. The Morgan fingerprint density at radius 3 is 3.00 bits per heavy atom. The number of fused-ring (bicyclic) bond motifs is 2. The lowest BCUT2D eigenvalue weighted by Gasteiger charge is -2.24. The molecule has 0 aromatic carbocycles. The lowest BCUT2D eigenvalue weighted by molar-refractivity contribution is 0.0134. The van der Waals surface area contributed by atoms with Gasteiger partial charge in [0.2, 0.25) is 0 Å². The van der Waals surface area contributed by atoms with Crippen LogP contribution in [0.25, 0.3) is 0 Å². The van der Waals surface area contributed by atoms with E-state index >= 15 is 0 Å². The first kappa shape index (κ1) is 9.26. The SMILES string of the molecule is Cl.OC[C@@H]1C[C@@H]2CN1CCO2. The van der Waals surface area contributed by atoms with Crippen LogP contribution in [0.4, 0.5) is 0 Å². The summed E-state index contributed by atoms with van der Waals surface area (Å²) in [5.74, 6) is 0. The van der Waals surface area contributed by atoms with Crippen molar-refractivity contribution in [1.82, 2.24) is 4.90 Å². The normalized spacial score (nSPS) is 41.7. The molecule has 2 rings (SSSR count). The maximum absolute atomic E-state index is 8.92. The van der Waals surface area contributed by atoms with Crippen LogP contribution in [0.3, 0.4) is 0 Å². The third-order valence-corrected chi connectivity index (χ3v) is 2.43. The summed E-state index contributed by atoms with van der Waals surface area (Å²) in [4.78, 5) is 2.31. The second kappa shape index (κ2) is 3.72. The van der Waals surface area contributed by atoms with Crippen LogP contribution in [-0.4, -0.2) is 48.5 Å². The molecule has 2 bridgehead atoms. The summed E-state index contributed by atoms with van der Waals surface area (Å²) in [6.45, 7) is 3.17. The van der Waals surface area contributed by atoms with Crippen LogP contribution in [0.2, 0.25) is 0 Å². The zero-order valence-corrected chi connectivity index (χ0v) is 7.22. The van der Waals surface area contributed by atoms with E-state index in [1.807, 2.05) is 0 Å². The highest BCUT2D eigenvalue weighted by molar-refractivity contribution is 5.85. The number of morpholine rings is 1. The molecule has 2 aliphatic heterocycles. The molecule has 3 nitrogen and oxygen atoms in total. The summed E-state index contributed by atoms with van der Waals surface area (Å²) in [6.07, 6.45) is 1.43. The molecule has 2 aliphatic rings. The smallest absolute Gasteiger partial charge is 0.0718 e. The summed E-state index contributed by atoms with van der Waals surface area (Å²) in [6, 6.07) is 0.382. The van der Waals surface area contributed by atoms with Crippen molar-refractivity contribution in [1.29, 1.82) is 0 Å². The third-order valence-electron chi connectivity index (χ3n) is 2.43. The molecule has 66 valence electrons. The molecule has 4 heteroatoms. The first-order chi connectivity index (χ1) is 4.90. The van der Waals surface area contributed by atoms with Crippen molar-refractivity contribution in [3.05, 3.63) is 0 Å². The van der Waals surface area contributed by atoms with Crippen LogP contribution in [-0.2, 0) is 4.74 Å². The van der Waals surface area contributed by atoms with Gasteiger partial charge in [-0.05, 0) is 6.42 Å². The Kier molecular flexibility index (Phi) is 3.13. The highest BCUT2D eigenvalue weighted by atomic mass is 35.5. The fourth-order valence-electron chi connectivity index (χ4n) is 1.86. The van der Waals surface area contributed by atoms with Crippen molar-refractivity contribution < 1.29 is 9.84 Å². The Morgan fingerprint density at radius 1 is 1.55 bits per heavy atom. The van der Waals surface area contributed by atoms with Gasteiger partial charge >= 0.3 is 0 Å². The van der Waals surface area contributed by atoms with Crippen molar-refractivity contribution >= 4 is 12.4 Å². The molecule has 1 N–H and O–H groups in total. The van der Waals surface area contributed by atoms with E-state index in [9.17, 15) is 0 Å². The van der Waals surface area contributed by atoms with Crippen LogP contribution in [0.15, 0.2) is 0 Å². The second-order valence-electron chi connectivity index (χ2n) is 3.06. The Hall–Kier alpha value is 0.170. The Bertz CT molecular complexity index is 134. The predicted octanol–water partition coefficient (Wildman–Crippen LogP) is -0.126. The molecular weight excluding hydrogens is 166 g/mol. The van der Waals surface area contributed by atoms with Gasteiger partial charge in [-0.15, -0.1) is 12.4 Å². The van der Waals surface area contributed by atoms with Gasteiger partial charge in [-0.1, -0.05) is 0 Å². The first-order valence-corrected chi connectivity index (χ1v) is 3.86. The van der Waals surface area contributed by atoms with Crippen molar-refractivity contribution in [2.75, 3.05) is 26.3 Å². The predicted molar refractivity (Wildman–Crippen MR) is 44.1 cm³/mol. The number of aliphatic hydroxyl groups is 1. The van der Waals surface area contributed by atoms with E-state index in [4.69, 9.17) is 9.84 Å². The van der Waals surface area contributed by atoms with E-state index < -0.39 is 0 Å². The lowest BCUT2D eigenvalue weighted by Crippen LogP contribution is -2.38. The molecule has 0 aliphatic carbocycles. The molecule has 2 fully saturated rings. The summed E-state index contributed by atoms with van der Waals surface area (Å²) in [5, 5.41) is 8.92. The van der Waals surface area contributed by atoms with Crippen LogP contribution in [0.1, 0.15) is 6.42 Å². The van der Waals surface area contributed by atoms with Crippen molar-refractivity contribution in [3.63, 3.8) is 0 Å². The Balaban J connectivity index is 0.000000605. The standard InChI is InChI=1S/C7H13NO2.ClH/c9-5-6-3-7-4-8(6)1-2-10-7;/h6-7,9H,1-5H2;1H/t6-,7+;/m0./s1. The topological polar surface area (TPSA) is 32.7 Å². The molecule has 1 unspecified atom stereocenters. The van der Waals surface area contributed by atoms with Gasteiger partial charge in [-0.2, -0.15) is 0 Å². The van der Waals surface area contributed by atoms with Crippen LogP contribution in [0, 0.1) is 0 Å². The van der Waals surface area contributed by atoms with Crippen molar-refractivity contribution in [2.45, 2.75) is 18.6 Å². The number of hydrogen-bond donors (Lipinski definition) is 1. The van der Waals surface area contributed by atoms with E-state index in [0.29, 0.717) is 18.8 Å². The monoisotopic (exact) mass is 179 g/mol. The van der Waals surface area contributed by atoms with Gasteiger partial charge in [0.05, 0.1) is 19.3 Å². The molecule has 0 radical (unpaired) electrons. The van der Waals surface area contributed by atoms with Gasteiger partial charge in [0.1, 0.15) is 0 Å². The fraction of sp³-hybridized carbons (Fsp3) is 1.00. The average Bonchev–Trinajstić information content (AvgIpc) is 2.26. The summed E-state index contributed by atoms with van der Waals surface area (Å²) in [5.41, 5.74) is 0. The van der Waals surface area contributed by atoms with E-state index in [0.717, 1.165) is 26.1 Å². The van der Waals surface area contributed by atoms with E-state index in [-0.39, 0.29) is 12.4 Å². The minimum atomic E-state index is 0. The minimum Gasteiger partial charge on any atom is -0.395 e. The van der Waals surface area contributed by atoms with Gasteiger partial charge in [0, 0.05) is 19.1 Å². The maximum atomic E-state index is 8.92. The van der Waals surface area contributed by atoms with E-state index in [1.54, 1.807) is 0 Å². The minimum absolute atomic E-state index is 0. The molecule has 0 aromatic heterocycles. The van der Waals surface area contributed by atoms with Gasteiger partial charge in [-0.3, -0.25) is 4.90 Å². The number of halogens is 1. The van der Waals surface area contributed by atoms with Crippen LogP contribution in [0.5, 0.6) is 0 Å². The van der Waals surface area contributed by atoms with Gasteiger partial charge in [-0.25, -0.2) is 0 Å². The quantitative estimate of drug-likeness (QED) is 0.609.